The summed E-state index contributed by atoms with van der Waals surface area (Å²) in [5.41, 5.74) is 5.78. The van der Waals surface area contributed by atoms with Crippen LogP contribution in [0.15, 0.2) is 17.2 Å². The van der Waals surface area contributed by atoms with Crippen LogP contribution in [0.2, 0.25) is 0 Å². The van der Waals surface area contributed by atoms with Crippen LogP contribution in [0, 0.1) is 5.92 Å². The van der Waals surface area contributed by atoms with Gasteiger partial charge < -0.3 is 15.6 Å². The van der Waals surface area contributed by atoms with Crippen molar-refractivity contribution < 1.29 is 0 Å². The Bertz CT molecular complexity index is 480. The summed E-state index contributed by atoms with van der Waals surface area (Å²) in [7, 11) is 0. The van der Waals surface area contributed by atoms with Crippen LogP contribution >= 0.6 is 0 Å². The predicted octanol–water partition coefficient (Wildman–Crippen LogP) is 1.12. The van der Waals surface area contributed by atoms with Gasteiger partial charge in [-0.15, -0.1) is 0 Å². The first-order valence-electron chi connectivity index (χ1n) is 6.83. The minimum Gasteiger partial charge on any atom is -0.362 e. The molecule has 2 unspecified atom stereocenters. The average Bonchev–Trinajstić information content (AvgIpc) is 3.12. The molecule has 0 saturated heterocycles. The van der Waals surface area contributed by atoms with Crippen molar-refractivity contribution in [1.82, 2.24) is 9.55 Å². The Balaban J connectivity index is 1.80. The van der Waals surface area contributed by atoms with E-state index in [-0.39, 0.29) is 5.56 Å². The molecule has 2 saturated carbocycles. The van der Waals surface area contributed by atoms with Gasteiger partial charge in [-0.3, -0.25) is 4.79 Å². The van der Waals surface area contributed by atoms with Gasteiger partial charge in [0.1, 0.15) is 0 Å². The van der Waals surface area contributed by atoms with Gasteiger partial charge in [0.2, 0.25) is 0 Å². The normalized spacial score (nSPS) is 27.4. The molecular formula is C13H20N4O. The van der Waals surface area contributed by atoms with Crippen LogP contribution < -0.4 is 16.6 Å². The minimum atomic E-state index is 0.0164. The molecule has 1 aromatic heterocycles. The van der Waals surface area contributed by atoms with Crippen molar-refractivity contribution >= 4 is 5.82 Å². The van der Waals surface area contributed by atoms with Crippen LogP contribution in [0.5, 0.6) is 0 Å². The summed E-state index contributed by atoms with van der Waals surface area (Å²) in [6.45, 7) is 0.682. The summed E-state index contributed by atoms with van der Waals surface area (Å²) in [4.78, 5) is 16.4. The molecule has 2 aliphatic carbocycles. The van der Waals surface area contributed by atoms with E-state index < -0.39 is 0 Å². The van der Waals surface area contributed by atoms with Crippen molar-refractivity contribution in [2.75, 3.05) is 11.9 Å². The van der Waals surface area contributed by atoms with Gasteiger partial charge in [-0.2, -0.15) is 0 Å². The maximum absolute atomic E-state index is 12.2. The highest BCUT2D eigenvalue weighted by Crippen LogP contribution is 2.33. The number of rotatable bonds is 4. The number of hydrogen-bond acceptors (Lipinski definition) is 4. The van der Waals surface area contributed by atoms with Crippen molar-refractivity contribution in [3.63, 3.8) is 0 Å². The Labute approximate surface area is 106 Å². The number of nitrogens with one attached hydrogen (secondary N) is 1. The lowest BCUT2D eigenvalue weighted by atomic mass is 10.0. The fraction of sp³-hybridized carbons (Fsp3) is 0.692. The molecule has 2 atom stereocenters. The zero-order valence-electron chi connectivity index (χ0n) is 10.5. The fourth-order valence-electron chi connectivity index (χ4n) is 2.85. The standard InChI is InChI=1S/C13H20N4O/c14-8-9-2-1-3-11(9)16-12-13(18)17(7-6-15-12)10-4-5-10/h6-7,9-11H,1-5,8,14H2,(H,15,16). The van der Waals surface area contributed by atoms with Gasteiger partial charge in [0.15, 0.2) is 5.82 Å². The summed E-state index contributed by atoms with van der Waals surface area (Å²) in [6, 6.07) is 0.709. The molecule has 3 N–H and O–H groups in total. The molecule has 0 radical (unpaired) electrons. The van der Waals surface area contributed by atoms with Crippen molar-refractivity contribution in [2.24, 2.45) is 11.7 Å². The van der Waals surface area contributed by atoms with Gasteiger partial charge in [0.25, 0.3) is 5.56 Å². The highest BCUT2D eigenvalue weighted by Gasteiger charge is 2.29. The molecule has 1 aromatic rings. The van der Waals surface area contributed by atoms with Gasteiger partial charge in [0, 0.05) is 24.5 Å². The highest BCUT2D eigenvalue weighted by molar-refractivity contribution is 5.33. The van der Waals surface area contributed by atoms with Crippen LogP contribution in [-0.2, 0) is 0 Å². The first-order chi connectivity index (χ1) is 8.79. The third-order valence-corrected chi connectivity index (χ3v) is 4.09. The maximum Gasteiger partial charge on any atom is 0.293 e. The summed E-state index contributed by atoms with van der Waals surface area (Å²) in [5, 5.41) is 3.31. The average molecular weight is 248 g/mol. The molecular weight excluding hydrogens is 228 g/mol. The minimum absolute atomic E-state index is 0.0164. The summed E-state index contributed by atoms with van der Waals surface area (Å²) in [6.07, 6.45) is 9.15. The van der Waals surface area contributed by atoms with E-state index in [1.165, 1.54) is 6.42 Å². The van der Waals surface area contributed by atoms with Gasteiger partial charge in [0.05, 0.1) is 0 Å². The molecule has 2 fully saturated rings. The molecule has 98 valence electrons. The Morgan fingerprint density at radius 2 is 2.22 bits per heavy atom. The zero-order chi connectivity index (χ0) is 12.5. The maximum atomic E-state index is 12.2. The van der Waals surface area contributed by atoms with E-state index in [1.54, 1.807) is 12.4 Å². The van der Waals surface area contributed by atoms with Crippen molar-refractivity contribution in [2.45, 2.75) is 44.2 Å². The van der Waals surface area contributed by atoms with Crippen LogP contribution in [0.3, 0.4) is 0 Å². The fourth-order valence-corrected chi connectivity index (χ4v) is 2.85. The van der Waals surface area contributed by atoms with Crippen molar-refractivity contribution in [3.8, 4) is 0 Å². The second-order valence-electron chi connectivity index (χ2n) is 5.40. The summed E-state index contributed by atoms with van der Waals surface area (Å²) in [5.74, 6) is 0.968. The van der Waals surface area contributed by atoms with E-state index in [4.69, 9.17) is 5.73 Å². The molecule has 0 bridgehead atoms. The van der Waals surface area contributed by atoms with Gasteiger partial charge >= 0.3 is 0 Å². The quantitative estimate of drug-likeness (QED) is 0.837. The van der Waals surface area contributed by atoms with E-state index in [0.29, 0.717) is 30.4 Å². The van der Waals surface area contributed by atoms with Crippen LogP contribution in [0.4, 0.5) is 5.82 Å². The molecule has 2 aliphatic rings. The van der Waals surface area contributed by atoms with Crippen LogP contribution in [0.1, 0.15) is 38.1 Å². The second-order valence-corrected chi connectivity index (χ2v) is 5.40. The molecule has 5 heteroatoms. The van der Waals surface area contributed by atoms with E-state index >= 15 is 0 Å². The highest BCUT2D eigenvalue weighted by atomic mass is 16.1. The Morgan fingerprint density at radius 1 is 1.39 bits per heavy atom. The molecule has 18 heavy (non-hydrogen) atoms. The summed E-state index contributed by atoms with van der Waals surface area (Å²) < 4.78 is 1.81. The number of anilines is 1. The topological polar surface area (TPSA) is 72.9 Å². The molecule has 0 aromatic carbocycles. The van der Waals surface area contributed by atoms with Gasteiger partial charge in [-0.1, -0.05) is 6.42 Å². The first kappa shape index (κ1) is 11.7. The van der Waals surface area contributed by atoms with E-state index in [1.807, 2.05) is 4.57 Å². The zero-order valence-corrected chi connectivity index (χ0v) is 10.5. The Kier molecular flexibility index (Phi) is 3.07. The SMILES string of the molecule is NCC1CCCC1Nc1nccn(C2CC2)c1=O. The lowest BCUT2D eigenvalue weighted by molar-refractivity contribution is 0.514. The number of hydrogen-bond donors (Lipinski definition) is 2. The van der Waals surface area contributed by atoms with E-state index in [0.717, 1.165) is 25.7 Å². The van der Waals surface area contributed by atoms with Crippen molar-refractivity contribution in [1.29, 1.82) is 0 Å². The monoisotopic (exact) mass is 248 g/mol. The third-order valence-electron chi connectivity index (χ3n) is 4.09. The molecule has 3 rings (SSSR count). The number of nitrogens with zero attached hydrogens (tertiary/aromatic N) is 2. The van der Waals surface area contributed by atoms with Crippen LogP contribution in [-0.4, -0.2) is 22.1 Å². The van der Waals surface area contributed by atoms with Crippen molar-refractivity contribution in [3.05, 3.63) is 22.7 Å². The Morgan fingerprint density at radius 3 is 2.94 bits per heavy atom. The lowest BCUT2D eigenvalue weighted by Crippen LogP contribution is -2.33. The third kappa shape index (κ3) is 2.14. The van der Waals surface area contributed by atoms with E-state index in [9.17, 15) is 4.79 Å². The number of nitrogens with two attached hydrogens (primary N) is 1. The largest absolute Gasteiger partial charge is 0.362 e. The molecule has 1 heterocycles. The molecule has 5 nitrogen and oxygen atoms in total. The summed E-state index contributed by atoms with van der Waals surface area (Å²) >= 11 is 0. The van der Waals surface area contributed by atoms with Gasteiger partial charge in [-0.05, 0) is 38.1 Å². The lowest BCUT2D eigenvalue weighted by Gasteiger charge is -2.19. The van der Waals surface area contributed by atoms with Crippen LogP contribution in [0.25, 0.3) is 0 Å². The first-order valence-corrected chi connectivity index (χ1v) is 6.83. The molecule has 0 amide bonds. The number of aromatic nitrogens is 2. The molecule has 0 spiro atoms. The van der Waals surface area contributed by atoms with E-state index in [2.05, 4.69) is 10.3 Å². The Hall–Kier alpha value is -1.36. The second kappa shape index (κ2) is 4.72. The molecule has 0 aliphatic heterocycles. The smallest absolute Gasteiger partial charge is 0.293 e. The predicted molar refractivity (Wildman–Crippen MR) is 70.6 cm³/mol. The van der Waals surface area contributed by atoms with Gasteiger partial charge in [-0.25, -0.2) is 4.98 Å².